The van der Waals surface area contributed by atoms with E-state index >= 15 is 0 Å². The minimum atomic E-state index is -0.888. The summed E-state index contributed by atoms with van der Waals surface area (Å²) in [6, 6.07) is 12.3. The van der Waals surface area contributed by atoms with Crippen LogP contribution in [-0.4, -0.2) is 60.3 Å². The van der Waals surface area contributed by atoms with Crippen molar-refractivity contribution in [3.63, 3.8) is 0 Å². The van der Waals surface area contributed by atoms with Gasteiger partial charge in [-0.3, -0.25) is 4.68 Å². The van der Waals surface area contributed by atoms with Crippen molar-refractivity contribution >= 4 is 52.1 Å². The van der Waals surface area contributed by atoms with E-state index in [4.69, 9.17) is 43.1 Å². The monoisotopic (exact) mass is 682 g/mol. The zero-order chi connectivity index (χ0) is 32.7. The Kier molecular flexibility index (Phi) is 8.93. The quantitative estimate of drug-likeness (QED) is 0.172. The second kappa shape index (κ2) is 12.8. The Morgan fingerprint density at radius 3 is 2.59 bits per heavy atom. The van der Waals surface area contributed by atoms with Gasteiger partial charge in [-0.15, -0.1) is 0 Å². The van der Waals surface area contributed by atoms with Crippen LogP contribution >= 0.6 is 35.0 Å². The Bertz CT molecular complexity index is 1910. The molecule has 0 spiro atoms. The minimum absolute atomic E-state index is 0.0564. The van der Waals surface area contributed by atoms with E-state index in [1.807, 2.05) is 41.2 Å². The fraction of sp³-hybridized carbons (Fsp3) is 0.333. The van der Waals surface area contributed by atoms with Crippen LogP contribution in [0.15, 0.2) is 71.0 Å². The summed E-state index contributed by atoms with van der Waals surface area (Å²) in [6.07, 6.45) is 6.03. The molecule has 2 atom stereocenters. The van der Waals surface area contributed by atoms with Crippen LogP contribution in [0.4, 0.5) is 9.18 Å². The van der Waals surface area contributed by atoms with Gasteiger partial charge in [0.25, 0.3) is 0 Å². The molecule has 46 heavy (non-hydrogen) atoms. The number of carbonyl (C=O) groups is 1. The summed E-state index contributed by atoms with van der Waals surface area (Å²) in [7, 11) is 1.62. The summed E-state index contributed by atoms with van der Waals surface area (Å²) >= 11 is 14.0. The number of halogens is 3. The van der Waals surface area contributed by atoms with Gasteiger partial charge in [-0.25, -0.2) is 18.9 Å². The first kappa shape index (κ1) is 32.2. The van der Waals surface area contributed by atoms with E-state index in [1.54, 1.807) is 29.1 Å². The van der Waals surface area contributed by atoms with E-state index in [1.165, 1.54) is 23.9 Å². The summed E-state index contributed by atoms with van der Waals surface area (Å²) in [4.78, 5) is 18.7. The summed E-state index contributed by atoms with van der Waals surface area (Å²) in [5.74, 6) is 0.190. The number of amides is 1. The van der Waals surface area contributed by atoms with Crippen molar-refractivity contribution in [2.45, 2.75) is 62.2 Å². The first-order valence-corrected chi connectivity index (χ1v) is 16.3. The summed E-state index contributed by atoms with van der Waals surface area (Å²) < 4.78 is 23.5. The fourth-order valence-electron chi connectivity index (χ4n) is 5.90. The van der Waals surface area contributed by atoms with Gasteiger partial charge in [0.05, 0.1) is 46.2 Å². The molecule has 1 fully saturated rings. The predicted octanol–water partition coefficient (Wildman–Crippen LogP) is 8.68. The summed E-state index contributed by atoms with van der Waals surface area (Å²) in [6.45, 7) is 7.10. The topological polar surface area (TPSA) is 98.3 Å². The highest BCUT2D eigenvalue weighted by Gasteiger charge is 2.39. The zero-order valence-corrected chi connectivity index (χ0v) is 28.1. The minimum Gasteiger partial charge on any atom is -0.497 e. The van der Waals surface area contributed by atoms with Crippen molar-refractivity contribution in [3.8, 4) is 16.9 Å². The molecule has 1 saturated heterocycles. The fourth-order valence-corrected chi connectivity index (χ4v) is 7.45. The number of likely N-dealkylation sites (tertiary alicyclic amines) is 1. The van der Waals surface area contributed by atoms with Crippen molar-refractivity contribution in [3.05, 3.63) is 82.5 Å². The highest BCUT2D eigenvalue weighted by Crippen LogP contribution is 2.42. The number of pyridine rings is 1. The molecule has 4 heterocycles. The molecule has 240 valence electrons. The van der Waals surface area contributed by atoms with Crippen LogP contribution in [0.3, 0.4) is 0 Å². The second-order valence-corrected chi connectivity index (χ2v) is 14.2. The molecule has 0 saturated carbocycles. The number of methoxy groups -OCH3 is 1. The van der Waals surface area contributed by atoms with Crippen LogP contribution in [0.5, 0.6) is 5.75 Å². The molecule has 0 aliphatic carbocycles. The molecule has 1 amide bonds. The Labute approximate surface area is 280 Å². The predicted molar refractivity (Wildman–Crippen MR) is 178 cm³/mol. The molecule has 0 radical (unpaired) electrons. The first-order chi connectivity index (χ1) is 21.9. The van der Waals surface area contributed by atoms with Crippen LogP contribution in [0.2, 0.25) is 10.0 Å². The van der Waals surface area contributed by atoms with Crippen LogP contribution < -0.4 is 4.74 Å². The molecule has 3 aromatic heterocycles. The van der Waals surface area contributed by atoms with E-state index < -0.39 is 11.9 Å². The maximum absolute atomic E-state index is 14.4. The lowest BCUT2D eigenvalue weighted by Gasteiger charge is -2.44. The van der Waals surface area contributed by atoms with Gasteiger partial charge in [0.2, 0.25) is 0 Å². The lowest BCUT2D eigenvalue weighted by atomic mass is 9.79. The van der Waals surface area contributed by atoms with E-state index in [-0.39, 0.29) is 22.5 Å². The van der Waals surface area contributed by atoms with E-state index in [0.717, 1.165) is 27.8 Å². The van der Waals surface area contributed by atoms with Gasteiger partial charge in [0.1, 0.15) is 16.6 Å². The Hall–Kier alpha value is -3.80. The normalized spacial score (nSPS) is 17.1. The lowest BCUT2D eigenvalue weighted by Crippen LogP contribution is -2.51. The molecule has 1 aliphatic rings. The third-order valence-electron chi connectivity index (χ3n) is 8.37. The van der Waals surface area contributed by atoms with Gasteiger partial charge in [-0.05, 0) is 54.2 Å². The average Bonchev–Trinajstić information content (AvgIpc) is 3.66. The molecule has 2 unspecified atom stereocenters. The number of nitrogens with zero attached hydrogens (tertiary/aromatic N) is 6. The SMILES string of the molecule is COc1ccc(Cn2nc(Sc3c(Cl)ccc(F)c3Cl)c3cc(-c4cnn(C5CCN(C(=O)O)C(C(C)(C)C)C5)c4)cnc32)cc1. The number of carboxylic acid groups (broad SMARTS) is 1. The van der Waals surface area contributed by atoms with Gasteiger partial charge in [0.15, 0.2) is 5.65 Å². The number of hydrogen-bond acceptors (Lipinski definition) is 6. The van der Waals surface area contributed by atoms with Crippen LogP contribution in [0.1, 0.15) is 45.2 Å². The molecule has 1 aliphatic heterocycles. The molecule has 0 bridgehead atoms. The Morgan fingerprint density at radius 1 is 1.13 bits per heavy atom. The summed E-state index contributed by atoms with van der Waals surface area (Å²) in [5, 5.41) is 20.9. The van der Waals surface area contributed by atoms with Gasteiger partial charge < -0.3 is 14.7 Å². The molecule has 5 aromatic rings. The van der Waals surface area contributed by atoms with E-state index in [2.05, 4.69) is 20.8 Å². The molecule has 1 N–H and O–H groups in total. The van der Waals surface area contributed by atoms with E-state index in [0.29, 0.717) is 46.5 Å². The van der Waals surface area contributed by atoms with Gasteiger partial charge in [0, 0.05) is 36.1 Å². The number of benzene rings is 2. The third-order valence-corrected chi connectivity index (χ3v) is 10.4. The molecule has 9 nitrogen and oxygen atoms in total. The van der Waals surface area contributed by atoms with Gasteiger partial charge >= 0.3 is 6.09 Å². The van der Waals surface area contributed by atoms with Crippen LogP contribution in [-0.2, 0) is 6.54 Å². The highest BCUT2D eigenvalue weighted by atomic mass is 35.5. The molecule has 2 aromatic carbocycles. The number of piperidine rings is 1. The van der Waals surface area contributed by atoms with Gasteiger partial charge in [-0.1, -0.05) is 67.9 Å². The second-order valence-electron chi connectivity index (χ2n) is 12.4. The smallest absolute Gasteiger partial charge is 0.407 e. The Balaban J connectivity index is 1.35. The Morgan fingerprint density at radius 2 is 1.89 bits per heavy atom. The van der Waals surface area contributed by atoms with E-state index in [9.17, 15) is 14.3 Å². The maximum Gasteiger partial charge on any atom is 0.407 e. The van der Waals surface area contributed by atoms with Crippen molar-refractivity contribution in [2.24, 2.45) is 5.41 Å². The number of hydrogen-bond donors (Lipinski definition) is 1. The zero-order valence-electron chi connectivity index (χ0n) is 25.7. The number of rotatable bonds is 7. The number of ether oxygens (including phenoxy) is 1. The van der Waals surface area contributed by atoms with Crippen molar-refractivity contribution in [1.82, 2.24) is 29.4 Å². The summed E-state index contributed by atoms with van der Waals surface area (Å²) in [5.41, 5.74) is 3.13. The van der Waals surface area contributed by atoms with Crippen molar-refractivity contribution in [1.29, 1.82) is 0 Å². The third kappa shape index (κ3) is 6.41. The standard InChI is InChI=1S/C33H33Cl2FN6O3S/c1-33(2,3)27-14-22(11-12-40(27)32(43)44)41-18-21(16-38-41)20-13-24-30(37-15-20)42(17-19-5-7-23(45-4)8-6-19)39-31(24)46-29-25(34)9-10-26(36)28(29)35/h5-10,13,15-16,18,22,27H,11-12,14,17H2,1-4H3,(H,43,44). The number of aromatic nitrogens is 5. The van der Waals surface area contributed by atoms with Crippen LogP contribution in [0.25, 0.3) is 22.2 Å². The van der Waals surface area contributed by atoms with Gasteiger partial charge in [-0.2, -0.15) is 10.2 Å². The highest BCUT2D eigenvalue weighted by molar-refractivity contribution is 7.99. The van der Waals surface area contributed by atoms with Crippen molar-refractivity contribution in [2.75, 3.05) is 13.7 Å². The van der Waals surface area contributed by atoms with Crippen LogP contribution in [0, 0.1) is 11.2 Å². The molecule has 6 rings (SSSR count). The lowest BCUT2D eigenvalue weighted by molar-refractivity contribution is 0.0408. The maximum atomic E-state index is 14.4. The largest absolute Gasteiger partial charge is 0.497 e. The molecule has 13 heteroatoms. The first-order valence-electron chi connectivity index (χ1n) is 14.8. The number of fused-ring (bicyclic) bond motifs is 1. The van der Waals surface area contributed by atoms with Crippen molar-refractivity contribution < 1.29 is 19.0 Å². The molecular weight excluding hydrogens is 650 g/mol. The average molecular weight is 684 g/mol. The molecular formula is C33H33Cl2FN6O3S.